The van der Waals surface area contributed by atoms with Crippen molar-refractivity contribution in [1.82, 2.24) is 15.2 Å². The van der Waals surface area contributed by atoms with Crippen LogP contribution in [0.2, 0.25) is 15.1 Å². The summed E-state index contributed by atoms with van der Waals surface area (Å²) in [5.74, 6) is -0.194. The average Bonchev–Trinajstić information content (AvgIpc) is 3.06. The minimum atomic E-state index is -0.194. The zero-order valence-electron chi connectivity index (χ0n) is 17.5. The zero-order chi connectivity index (χ0) is 22.2. The highest BCUT2D eigenvalue weighted by Gasteiger charge is 2.31. The molecule has 1 amide bonds. The van der Waals surface area contributed by atoms with E-state index < -0.39 is 0 Å². The molecule has 1 fully saturated rings. The Hall–Kier alpha value is -2.05. The molecule has 2 aromatic carbocycles. The monoisotopic (exact) mass is 477 g/mol. The first-order valence-corrected chi connectivity index (χ1v) is 11.4. The molecule has 31 heavy (non-hydrogen) atoms. The van der Waals surface area contributed by atoms with Crippen LogP contribution in [-0.4, -0.2) is 40.4 Å². The second kappa shape index (κ2) is 8.83. The fraction of sp³-hybridized carbons (Fsp3) is 0.304. The Balaban J connectivity index is 1.82. The van der Waals surface area contributed by atoms with Gasteiger partial charge >= 0.3 is 5.91 Å². The van der Waals surface area contributed by atoms with Gasteiger partial charge in [-0.25, -0.2) is 9.27 Å². The fourth-order valence-corrected chi connectivity index (χ4v) is 4.72. The molecule has 1 saturated heterocycles. The molecule has 0 atom stereocenters. The smallest absolute Gasteiger partial charge is 0.262 e. The lowest BCUT2D eigenvalue weighted by atomic mass is 10.1. The highest BCUT2D eigenvalue weighted by atomic mass is 35.5. The summed E-state index contributed by atoms with van der Waals surface area (Å²) in [6.07, 6.45) is 3.40. The summed E-state index contributed by atoms with van der Waals surface area (Å²) in [7, 11) is 2.06. The third kappa shape index (κ3) is 4.60. The van der Waals surface area contributed by atoms with Crippen LogP contribution in [0.25, 0.3) is 16.9 Å². The lowest BCUT2D eigenvalue weighted by Gasteiger charge is -2.36. The molecule has 8 heteroatoms. The van der Waals surface area contributed by atoms with Crippen LogP contribution >= 0.6 is 34.8 Å². The van der Waals surface area contributed by atoms with E-state index in [-0.39, 0.29) is 5.91 Å². The van der Waals surface area contributed by atoms with E-state index in [0.717, 1.165) is 42.8 Å². The summed E-state index contributed by atoms with van der Waals surface area (Å²) in [4.78, 5) is 13.3. The molecule has 0 saturated carbocycles. The molecule has 1 N–H and O–H groups in total. The lowest BCUT2D eigenvalue weighted by Crippen LogP contribution is -2.59. The molecule has 0 radical (unpaired) electrons. The van der Waals surface area contributed by atoms with Crippen LogP contribution in [0.5, 0.6) is 0 Å². The maximum atomic E-state index is 13.3. The normalized spacial score (nSPS) is 15.6. The molecule has 0 aliphatic carbocycles. The first-order valence-electron chi connectivity index (χ1n) is 10.3. The predicted octanol–water partition coefficient (Wildman–Crippen LogP) is 6.08. The van der Waals surface area contributed by atoms with Crippen molar-refractivity contribution in [3.05, 3.63) is 68.8 Å². The van der Waals surface area contributed by atoms with E-state index in [9.17, 15) is 4.79 Å². The first-order chi connectivity index (χ1) is 14.8. The average molecular weight is 479 g/mol. The number of carbonyl (C=O) groups excluding carboxylic acids is 1. The van der Waals surface area contributed by atoms with E-state index >= 15 is 0 Å². The van der Waals surface area contributed by atoms with E-state index in [1.165, 1.54) is 6.42 Å². The highest BCUT2D eigenvalue weighted by molar-refractivity contribution is 6.35. The molecule has 5 nitrogen and oxygen atoms in total. The number of rotatable bonds is 4. The number of nitrogens with one attached hydrogen (secondary N) is 1. The van der Waals surface area contributed by atoms with Crippen molar-refractivity contribution < 1.29 is 9.39 Å². The Morgan fingerprint density at radius 2 is 1.65 bits per heavy atom. The van der Waals surface area contributed by atoms with Crippen LogP contribution in [0, 0.1) is 6.92 Å². The van der Waals surface area contributed by atoms with E-state index in [2.05, 4.69) is 12.5 Å². The summed E-state index contributed by atoms with van der Waals surface area (Å²) in [5, 5.41) is 6.32. The summed E-state index contributed by atoms with van der Waals surface area (Å²) in [6.45, 7) is 3.74. The SMILES string of the molecule is Cc1c(C(=O)N[N+]2(C)CCCCC2)nn(-c2ccc(Cl)cc2Cl)c1-c1ccc(Cl)cc1. The van der Waals surface area contributed by atoms with Gasteiger partial charge in [-0.05, 0) is 56.5 Å². The number of nitrogens with zero attached hydrogens (tertiary/aromatic N) is 3. The van der Waals surface area contributed by atoms with E-state index in [1.54, 1.807) is 22.9 Å². The Morgan fingerprint density at radius 1 is 1.00 bits per heavy atom. The number of benzene rings is 2. The highest BCUT2D eigenvalue weighted by Crippen LogP contribution is 2.33. The van der Waals surface area contributed by atoms with Crippen LogP contribution in [0.3, 0.4) is 0 Å². The van der Waals surface area contributed by atoms with Gasteiger partial charge in [-0.2, -0.15) is 10.5 Å². The molecule has 2 heterocycles. The number of piperidine rings is 1. The Labute approximate surface area is 197 Å². The van der Waals surface area contributed by atoms with Crippen molar-refractivity contribution >= 4 is 40.7 Å². The number of hydrogen-bond acceptors (Lipinski definition) is 2. The van der Waals surface area contributed by atoms with Crippen LogP contribution in [-0.2, 0) is 0 Å². The van der Waals surface area contributed by atoms with Gasteiger partial charge in [0.25, 0.3) is 0 Å². The Morgan fingerprint density at radius 3 is 2.29 bits per heavy atom. The van der Waals surface area contributed by atoms with Crippen LogP contribution in [0.1, 0.15) is 35.3 Å². The summed E-state index contributed by atoms with van der Waals surface area (Å²) < 4.78 is 2.23. The van der Waals surface area contributed by atoms with Gasteiger partial charge in [0.05, 0.1) is 23.5 Å². The minimum Gasteiger partial charge on any atom is -0.262 e. The summed E-state index contributed by atoms with van der Waals surface area (Å²) in [6, 6.07) is 12.7. The van der Waals surface area contributed by atoms with Crippen LogP contribution in [0.4, 0.5) is 0 Å². The number of quaternary nitrogens is 1. The predicted molar refractivity (Wildman–Crippen MR) is 126 cm³/mol. The number of likely N-dealkylation sites (tertiary alicyclic amines) is 1. The Kier molecular flexibility index (Phi) is 6.31. The quantitative estimate of drug-likeness (QED) is 0.462. The molecule has 0 unspecified atom stereocenters. The van der Waals surface area contributed by atoms with Crippen molar-refractivity contribution in [3.63, 3.8) is 0 Å². The first kappa shape index (κ1) is 22.2. The number of hydrogen-bond donors (Lipinski definition) is 1. The summed E-state index contributed by atoms with van der Waals surface area (Å²) in [5.41, 5.74) is 6.65. The molecule has 162 valence electrons. The number of amides is 1. The van der Waals surface area contributed by atoms with Gasteiger partial charge in [0, 0.05) is 21.2 Å². The van der Waals surface area contributed by atoms with Crippen molar-refractivity contribution in [2.45, 2.75) is 26.2 Å². The van der Waals surface area contributed by atoms with Crippen molar-refractivity contribution in [3.8, 4) is 16.9 Å². The van der Waals surface area contributed by atoms with Crippen LogP contribution in [0.15, 0.2) is 42.5 Å². The fourth-order valence-electron chi connectivity index (χ4n) is 4.11. The maximum absolute atomic E-state index is 13.3. The second-order valence-electron chi connectivity index (χ2n) is 8.18. The van der Waals surface area contributed by atoms with Gasteiger partial charge in [-0.15, -0.1) is 0 Å². The summed E-state index contributed by atoms with van der Waals surface area (Å²) >= 11 is 18.7. The molecular weight excluding hydrogens is 455 g/mol. The minimum absolute atomic E-state index is 0.194. The number of halogens is 3. The molecule has 4 rings (SSSR count). The molecule has 0 spiro atoms. The van der Waals surface area contributed by atoms with Gasteiger partial charge in [-0.3, -0.25) is 4.79 Å². The molecule has 1 aromatic heterocycles. The molecule has 3 aromatic rings. The molecule has 1 aliphatic rings. The van der Waals surface area contributed by atoms with E-state index in [0.29, 0.717) is 31.0 Å². The zero-order valence-corrected chi connectivity index (χ0v) is 19.7. The molecule has 1 aliphatic heterocycles. The van der Waals surface area contributed by atoms with Gasteiger partial charge < -0.3 is 0 Å². The topological polar surface area (TPSA) is 46.9 Å². The third-order valence-electron chi connectivity index (χ3n) is 5.77. The van der Waals surface area contributed by atoms with Gasteiger partial charge in [0.2, 0.25) is 0 Å². The number of carbonyl (C=O) groups is 1. The van der Waals surface area contributed by atoms with Gasteiger partial charge in [0.15, 0.2) is 5.69 Å². The van der Waals surface area contributed by atoms with Gasteiger partial charge in [0.1, 0.15) is 13.1 Å². The van der Waals surface area contributed by atoms with E-state index in [4.69, 9.17) is 39.9 Å². The molecule has 0 bridgehead atoms. The lowest BCUT2D eigenvalue weighted by molar-refractivity contribution is -0.947. The van der Waals surface area contributed by atoms with Crippen molar-refractivity contribution in [2.75, 3.05) is 20.1 Å². The molecular formula is C23H24Cl3N4O+. The standard InChI is InChI=1S/C23H23Cl3N4O/c1-15-21(23(31)28-30(2)12-4-3-5-13-30)27-29(20-11-10-18(25)14-19(20)26)22(15)16-6-8-17(24)9-7-16/h6-11,14H,3-5,12-13H2,1-2H3/p+1. The number of aromatic nitrogens is 2. The maximum Gasteiger partial charge on any atom is 0.316 e. The second-order valence-corrected chi connectivity index (χ2v) is 9.46. The largest absolute Gasteiger partial charge is 0.316 e. The van der Waals surface area contributed by atoms with Crippen LogP contribution < -0.4 is 5.43 Å². The van der Waals surface area contributed by atoms with Crippen molar-refractivity contribution in [2.24, 2.45) is 0 Å². The third-order valence-corrected chi connectivity index (χ3v) is 6.56. The van der Waals surface area contributed by atoms with Crippen molar-refractivity contribution in [1.29, 1.82) is 0 Å². The Bertz CT molecular complexity index is 1120. The van der Waals surface area contributed by atoms with Gasteiger partial charge in [-0.1, -0.05) is 46.9 Å². The van der Waals surface area contributed by atoms with E-state index in [1.807, 2.05) is 31.2 Å².